The molecule has 134 valence electrons. The van der Waals surface area contributed by atoms with Crippen LogP contribution in [0.4, 0.5) is 17.2 Å². The lowest BCUT2D eigenvalue weighted by molar-refractivity contribution is -0.116. The Hall–Kier alpha value is -3.07. The Labute approximate surface area is 153 Å². The van der Waals surface area contributed by atoms with E-state index in [4.69, 9.17) is 5.26 Å². The number of amides is 1. The average Bonchev–Trinajstić information content (AvgIpc) is 3.17. The van der Waals surface area contributed by atoms with Crippen LogP contribution in [0.15, 0.2) is 42.6 Å². The molecule has 2 N–H and O–H groups in total. The number of anilines is 3. The topological polar surface area (TPSA) is 81.0 Å². The first-order valence-electron chi connectivity index (χ1n) is 8.91. The van der Waals surface area contributed by atoms with Gasteiger partial charge in [0.1, 0.15) is 11.9 Å². The van der Waals surface area contributed by atoms with Gasteiger partial charge in [-0.15, -0.1) is 0 Å². The van der Waals surface area contributed by atoms with E-state index in [1.54, 1.807) is 12.1 Å². The van der Waals surface area contributed by atoms with Crippen molar-refractivity contribution in [1.82, 2.24) is 4.98 Å². The second kappa shape index (κ2) is 8.34. The Morgan fingerprint density at radius 2 is 2.12 bits per heavy atom. The highest BCUT2D eigenvalue weighted by molar-refractivity contribution is 5.91. The molecule has 1 saturated heterocycles. The van der Waals surface area contributed by atoms with E-state index in [9.17, 15) is 4.79 Å². The number of hydrogen-bond donors (Lipinski definition) is 2. The van der Waals surface area contributed by atoms with Crippen molar-refractivity contribution in [3.8, 4) is 6.07 Å². The zero-order chi connectivity index (χ0) is 18.4. The van der Waals surface area contributed by atoms with Gasteiger partial charge < -0.3 is 15.5 Å². The number of nitrogens with zero attached hydrogens (tertiary/aromatic N) is 3. The van der Waals surface area contributed by atoms with Gasteiger partial charge in [0.25, 0.3) is 0 Å². The van der Waals surface area contributed by atoms with Gasteiger partial charge in [-0.3, -0.25) is 4.79 Å². The molecule has 0 bridgehead atoms. The van der Waals surface area contributed by atoms with Crippen LogP contribution in [0.5, 0.6) is 0 Å². The summed E-state index contributed by atoms with van der Waals surface area (Å²) in [4.78, 5) is 18.8. The van der Waals surface area contributed by atoms with Crippen LogP contribution >= 0.6 is 0 Å². The van der Waals surface area contributed by atoms with Crippen molar-refractivity contribution in [2.75, 3.05) is 28.6 Å². The molecule has 0 aliphatic carbocycles. The minimum Gasteiger partial charge on any atom is -0.371 e. The van der Waals surface area contributed by atoms with Gasteiger partial charge in [-0.25, -0.2) is 4.98 Å². The third-order valence-electron chi connectivity index (χ3n) is 4.38. The Balaban J connectivity index is 1.53. The van der Waals surface area contributed by atoms with Crippen molar-refractivity contribution in [2.24, 2.45) is 0 Å². The minimum absolute atomic E-state index is 0.0442. The van der Waals surface area contributed by atoms with Crippen molar-refractivity contribution in [2.45, 2.75) is 32.2 Å². The molecule has 1 aliphatic rings. The third kappa shape index (κ3) is 4.73. The molecule has 1 fully saturated rings. The lowest BCUT2D eigenvalue weighted by atomic mass is 10.2. The highest BCUT2D eigenvalue weighted by Crippen LogP contribution is 2.23. The summed E-state index contributed by atoms with van der Waals surface area (Å²) in [5.74, 6) is 0.609. The van der Waals surface area contributed by atoms with Crippen molar-refractivity contribution in [3.05, 3.63) is 48.2 Å². The number of hydrogen-bond acceptors (Lipinski definition) is 5. The van der Waals surface area contributed by atoms with Gasteiger partial charge in [0.15, 0.2) is 0 Å². The number of nitriles is 1. The quantitative estimate of drug-likeness (QED) is 0.835. The van der Waals surface area contributed by atoms with Crippen LogP contribution < -0.4 is 15.5 Å². The second-order valence-corrected chi connectivity index (χ2v) is 6.59. The largest absolute Gasteiger partial charge is 0.371 e. The van der Waals surface area contributed by atoms with Crippen LogP contribution in [-0.4, -0.2) is 30.0 Å². The molecule has 26 heavy (non-hydrogen) atoms. The van der Waals surface area contributed by atoms with Gasteiger partial charge in [-0.2, -0.15) is 5.26 Å². The molecular formula is C20H23N5O. The molecule has 2 heterocycles. The summed E-state index contributed by atoms with van der Waals surface area (Å²) in [5, 5.41) is 14.9. The second-order valence-electron chi connectivity index (χ2n) is 6.59. The fourth-order valence-electron chi connectivity index (χ4n) is 3.09. The summed E-state index contributed by atoms with van der Waals surface area (Å²) in [5.41, 5.74) is 2.50. The van der Waals surface area contributed by atoms with Gasteiger partial charge in [0, 0.05) is 43.1 Å². The summed E-state index contributed by atoms with van der Waals surface area (Å²) >= 11 is 0. The van der Waals surface area contributed by atoms with Gasteiger partial charge in [-0.05, 0) is 50.1 Å². The zero-order valence-corrected chi connectivity index (χ0v) is 14.9. The first-order chi connectivity index (χ1) is 12.6. The SMILES string of the molecule is C[C@@H](CC(=O)Nc1cccc(N2CCCC2)c1)Nc1ccc(C#N)cn1. The van der Waals surface area contributed by atoms with Gasteiger partial charge >= 0.3 is 0 Å². The molecule has 0 saturated carbocycles. The van der Waals surface area contributed by atoms with Crippen LogP contribution in [0, 0.1) is 11.3 Å². The molecular weight excluding hydrogens is 326 g/mol. The molecule has 2 aromatic rings. The maximum atomic E-state index is 12.3. The van der Waals surface area contributed by atoms with Crippen LogP contribution in [0.25, 0.3) is 0 Å². The minimum atomic E-state index is -0.0720. The fraction of sp³-hybridized carbons (Fsp3) is 0.350. The van der Waals surface area contributed by atoms with E-state index in [1.807, 2.05) is 31.2 Å². The van der Waals surface area contributed by atoms with Crippen molar-refractivity contribution >= 4 is 23.1 Å². The monoisotopic (exact) mass is 349 g/mol. The number of carbonyl (C=O) groups is 1. The summed E-state index contributed by atoms with van der Waals surface area (Å²) in [7, 11) is 0. The standard InChI is InChI=1S/C20H23N5O/c1-15(23-19-8-7-16(13-21)14-22-19)11-20(26)24-17-5-4-6-18(12-17)25-9-2-3-10-25/h4-8,12,14-15H,2-3,9-11H2,1H3,(H,22,23)(H,24,26)/t15-/m0/s1. The molecule has 0 radical (unpaired) electrons. The number of rotatable bonds is 6. The molecule has 3 rings (SSSR count). The predicted molar refractivity (Wildman–Crippen MR) is 103 cm³/mol. The van der Waals surface area contributed by atoms with Gasteiger partial charge in [0.2, 0.25) is 5.91 Å². The first-order valence-corrected chi connectivity index (χ1v) is 8.91. The van der Waals surface area contributed by atoms with E-state index in [2.05, 4.69) is 26.6 Å². The lowest BCUT2D eigenvalue weighted by Crippen LogP contribution is -2.24. The van der Waals surface area contributed by atoms with E-state index in [1.165, 1.54) is 19.0 Å². The summed E-state index contributed by atoms with van der Waals surface area (Å²) in [6.45, 7) is 4.09. The number of pyridine rings is 1. The molecule has 0 spiro atoms. The Bertz CT molecular complexity index is 791. The molecule has 1 amide bonds. The first kappa shape index (κ1) is 17.7. The maximum absolute atomic E-state index is 12.3. The molecule has 6 nitrogen and oxygen atoms in total. The number of aromatic nitrogens is 1. The predicted octanol–water partition coefficient (Wildman–Crippen LogP) is 3.38. The smallest absolute Gasteiger partial charge is 0.226 e. The fourth-order valence-corrected chi connectivity index (χ4v) is 3.09. The number of carbonyl (C=O) groups excluding carboxylic acids is 1. The van der Waals surface area contributed by atoms with E-state index in [0.29, 0.717) is 17.8 Å². The molecule has 1 aliphatic heterocycles. The lowest BCUT2D eigenvalue weighted by Gasteiger charge is -2.19. The highest BCUT2D eigenvalue weighted by atomic mass is 16.1. The number of nitrogens with one attached hydrogen (secondary N) is 2. The number of benzene rings is 1. The summed E-state index contributed by atoms with van der Waals surface area (Å²) in [6, 6.07) is 13.4. The van der Waals surface area contributed by atoms with E-state index < -0.39 is 0 Å². The van der Waals surface area contributed by atoms with Gasteiger partial charge in [-0.1, -0.05) is 6.07 Å². The summed E-state index contributed by atoms with van der Waals surface area (Å²) in [6.07, 6.45) is 4.29. The summed E-state index contributed by atoms with van der Waals surface area (Å²) < 4.78 is 0. The normalized spacial score (nSPS) is 14.5. The maximum Gasteiger partial charge on any atom is 0.226 e. The zero-order valence-electron chi connectivity index (χ0n) is 14.9. The third-order valence-corrected chi connectivity index (χ3v) is 4.38. The molecule has 1 aromatic carbocycles. The molecule has 1 atom stereocenters. The van der Waals surface area contributed by atoms with Crippen LogP contribution in [0.1, 0.15) is 31.7 Å². The Morgan fingerprint density at radius 3 is 2.81 bits per heavy atom. The molecule has 1 aromatic heterocycles. The van der Waals surface area contributed by atoms with E-state index >= 15 is 0 Å². The van der Waals surface area contributed by atoms with Crippen LogP contribution in [-0.2, 0) is 4.79 Å². The Morgan fingerprint density at radius 1 is 1.31 bits per heavy atom. The molecule has 0 unspecified atom stereocenters. The van der Waals surface area contributed by atoms with E-state index in [0.717, 1.165) is 24.5 Å². The average molecular weight is 349 g/mol. The van der Waals surface area contributed by atoms with Crippen LogP contribution in [0.2, 0.25) is 0 Å². The highest BCUT2D eigenvalue weighted by Gasteiger charge is 2.14. The van der Waals surface area contributed by atoms with Crippen molar-refractivity contribution < 1.29 is 4.79 Å². The van der Waals surface area contributed by atoms with Crippen molar-refractivity contribution in [3.63, 3.8) is 0 Å². The van der Waals surface area contributed by atoms with E-state index in [-0.39, 0.29) is 11.9 Å². The van der Waals surface area contributed by atoms with Crippen LogP contribution in [0.3, 0.4) is 0 Å². The van der Waals surface area contributed by atoms with Gasteiger partial charge in [0.05, 0.1) is 5.56 Å². The Kier molecular flexibility index (Phi) is 5.69. The van der Waals surface area contributed by atoms with Crippen molar-refractivity contribution in [1.29, 1.82) is 5.26 Å². The molecule has 6 heteroatoms.